The van der Waals surface area contributed by atoms with Gasteiger partial charge >= 0.3 is 0 Å². The van der Waals surface area contributed by atoms with E-state index in [-0.39, 0.29) is 18.6 Å². The molecule has 7 nitrogen and oxygen atoms in total. The molecule has 0 atom stereocenters. The fourth-order valence-electron chi connectivity index (χ4n) is 4.75. The predicted molar refractivity (Wildman–Crippen MR) is 131 cm³/mol. The Morgan fingerprint density at radius 1 is 0.829 bits per heavy atom. The molecule has 3 aromatic carbocycles. The highest BCUT2D eigenvalue weighted by molar-refractivity contribution is 6.02. The number of morpholine rings is 1. The van der Waals surface area contributed by atoms with E-state index in [0.29, 0.717) is 37.6 Å². The van der Waals surface area contributed by atoms with Crippen LogP contribution in [0.3, 0.4) is 0 Å². The molecular weight excluding hydrogens is 444 g/mol. The molecule has 7 heteroatoms. The lowest BCUT2D eigenvalue weighted by molar-refractivity contribution is -0.118. The molecule has 35 heavy (non-hydrogen) atoms. The number of nitrogens with zero attached hydrogens (tertiary/aromatic N) is 1. The van der Waals surface area contributed by atoms with E-state index in [9.17, 15) is 9.59 Å². The third-order valence-electron chi connectivity index (χ3n) is 6.99. The van der Waals surface area contributed by atoms with E-state index in [1.807, 2.05) is 71.6 Å². The maximum atomic E-state index is 13.3. The van der Waals surface area contributed by atoms with Crippen LogP contribution in [-0.4, -0.2) is 49.8 Å². The number of rotatable bonds is 5. The summed E-state index contributed by atoms with van der Waals surface area (Å²) in [5, 5.41) is 3.11. The Morgan fingerprint density at radius 2 is 1.60 bits per heavy atom. The quantitative estimate of drug-likeness (QED) is 0.604. The third kappa shape index (κ3) is 4.12. The lowest BCUT2D eigenvalue weighted by Gasteiger charge is -2.26. The number of carbonyl (C=O) groups is 2. The first kappa shape index (κ1) is 21.7. The number of anilines is 1. The Kier molecular flexibility index (Phi) is 5.41. The number of benzene rings is 3. The second-order valence-electron chi connectivity index (χ2n) is 9.17. The van der Waals surface area contributed by atoms with Gasteiger partial charge in [0.25, 0.3) is 5.91 Å². The highest BCUT2D eigenvalue weighted by Crippen LogP contribution is 2.51. The van der Waals surface area contributed by atoms with Crippen molar-refractivity contribution in [2.24, 2.45) is 0 Å². The van der Waals surface area contributed by atoms with Gasteiger partial charge < -0.3 is 24.4 Å². The topological polar surface area (TPSA) is 77.1 Å². The monoisotopic (exact) mass is 470 g/mol. The minimum atomic E-state index is -0.529. The Morgan fingerprint density at radius 3 is 2.37 bits per heavy atom. The second kappa shape index (κ2) is 8.74. The van der Waals surface area contributed by atoms with Gasteiger partial charge in [-0.25, -0.2) is 0 Å². The lowest BCUT2D eigenvalue weighted by Crippen LogP contribution is -2.40. The van der Waals surface area contributed by atoms with Gasteiger partial charge in [0.15, 0.2) is 11.5 Å². The van der Waals surface area contributed by atoms with Crippen LogP contribution >= 0.6 is 0 Å². The minimum Gasteiger partial charge on any atom is -0.454 e. The molecule has 1 saturated carbocycles. The number of nitrogens with one attached hydrogen (secondary N) is 1. The summed E-state index contributed by atoms with van der Waals surface area (Å²) < 4.78 is 16.2. The average Bonchev–Trinajstić information content (AvgIpc) is 3.60. The lowest BCUT2D eigenvalue weighted by atomic mass is 9.94. The number of carbonyl (C=O) groups excluding carboxylic acids is 2. The smallest absolute Gasteiger partial charge is 0.254 e. The average molecular weight is 471 g/mol. The molecule has 2 amide bonds. The molecular formula is C28H26N2O5. The SMILES string of the molecule is O=C(c1ccc(-c2cccc(NC(=O)C3(c4ccc5c(c4)OCO5)CC3)c2)cc1)N1CCOCC1. The predicted octanol–water partition coefficient (Wildman–Crippen LogP) is 4.23. The molecule has 0 radical (unpaired) electrons. The maximum Gasteiger partial charge on any atom is 0.254 e. The maximum absolute atomic E-state index is 13.3. The molecule has 1 aliphatic carbocycles. The molecule has 3 aromatic rings. The van der Waals surface area contributed by atoms with Gasteiger partial charge in [0.2, 0.25) is 12.7 Å². The summed E-state index contributed by atoms with van der Waals surface area (Å²) in [6.45, 7) is 2.62. The second-order valence-corrected chi connectivity index (χ2v) is 9.17. The summed E-state index contributed by atoms with van der Waals surface area (Å²) in [5.74, 6) is 1.42. The number of amides is 2. The Bertz CT molecular complexity index is 1280. The fraction of sp³-hybridized carbons (Fsp3) is 0.286. The van der Waals surface area contributed by atoms with Crippen molar-refractivity contribution in [1.29, 1.82) is 0 Å². The summed E-state index contributed by atoms with van der Waals surface area (Å²) in [5.41, 5.74) is 3.79. The normalized spacial score (nSPS) is 17.7. The van der Waals surface area contributed by atoms with Crippen LogP contribution in [0.15, 0.2) is 66.7 Å². The van der Waals surface area contributed by atoms with E-state index in [2.05, 4.69) is 5.32 Å². The molecule has 1 saturated heterocycles. The van der Waals surface area contributed by atoms with Crippen molar-refractivity contribution >= 4 is 17.5 Å². The Balaban J connectivity index is 1.17. The van der Waals surface area contributed by atoms with Gasteiger partial charge in [0.1, 0.15) is 0 Å². The van der Waals surface area contributed by atoms with Crippen LogP contribution in [0.4, 0.5) is 5.69 Å². The van der Waals surface area contributed by atoms with Crippen LogP contribution < -0.4 is 14.8 Å². The van der Waals surface area contributed by atoms with Crippen molar-refractivity contribution in [3.05, 3.63) is 77.9 Å². The molecule has 2 aliphatic heterocycles. The van der Waals surface area contributed by atoms with E-state index < -0.39 is 5.41 Å². The van der Waals surface area contributed by atoms with Crippen LogP contribution in [-0.2, 0) is 14.9 Å². The number of fused-ring (bicyclic) bond motifs is 1. The largest absolute Gasteiger partial charge is 0.454 e. The van der Waals surface area contributed by atoms with Gasteiger partial charge in [-0.1, -0.05) is 30.3 Å². The van der Waals surface area contributed by atoms with Crippen LogP contribution in [0.2, 0.25) is 0 Å². The molecule has 3 aliphatic rings. The highest BCUT2D eigenvalue weighted by Gasteiger charge is 2.51. The summed E-state index contributed by atoms with van der Waals surface area (Å²) in [6.07, 6.45) is 1.60. The molecule has 0 unspecified atom stereocenters. The van der Waals surface area contributed by atoms with Crippen molar-refractivity contribution in [1.82, 2.24) is 4.90 Å². The van der Waals surface area contributed by atoms with E-state index in [0.717, 1.165) is 41.0 Å². The number of hydrogen-bond acceptors (Lipinski definition) is 5. The van der Waals surface area contributed by atoms with Gasteiger partial charge in [-0.3, -0.25) is 9.59 Å². The molecule has 2 fully saturated rings. The summed E-state index contributed by atoms with van der Waals surface area (Å²) in [6, 6.07) is 21.2. The van der Waals surface area contributed by atoms with E-state index in [1.54, 1.807) is 0 Å². The highest BCUT2D eigenvalue weighted by atomic mass is 16.7. The zero-order valence-corrected chi connectivity index (χ0v) is 19.3. The summed E-state index contributed by atoms with van der Waals surface area (Å²) in [4.78, 5) is 27.8. The summed E-state index contributed by atoms with van der Waals surface area (Å²) in [7, 11) is 0. The van der Waals surface area contributed by atoms with Crippen molar-refractivity contribution in [3.8, 4) is 22.6 Å². The van der Waals surface area contributed by atoms with Crippen LogP contribution in [0, 0.1) is 0 Å². The van der Waals surface area contributed by atoms with Gasteiger partial charge in [-0.2, -0.15) is 0 Å². The molecule has 6 rings (SSSR count). The molecule has 178 valence electrons. The van der Waals surface area contributed by atoms with E-state index in [4.69, 9.17) is 14.2 Å². The molecule has 0 spiro atoms. The van der Waals surface area contributed by atoms with Crippen molar-refractivity contribution < 1.29 is 23.8 Å². The minimum absolute atomic E-state index is 0.0139. The standard InChI is InChI=1S/C28H26N2O5/c31-26(30-12-14-33-15-13-30)20-6-4-19(5-7-20)21-2-1-3-23(16-21)29-27(32)28(10-11-28)22-8-9-24-25(17-22)35-18-34-24/h1-9,16-17H,10-15,18H2,(H,29,32). The van der Waals surface area contributed by atoms with Crippen LogP contribution in [0.1, 0.15) is 28.8 Å². The van der Waals surface area contributed by atoms with E-state index >= 15 is 0 Å². The van der Waals surface area contributed by atoms with Crippen molar-refractivity contribution in [2.75, 3.05) is 38.4 Å². The first-order chi connectivity index (χ1) is 17.1. The van der Waals surface area contributed by atoms with Crippen LogP contribution in [0.25, 0.3) is 11.1 Å². The summed E-state index contributed by atoms with van der Waals surface area (Å²) >= 11 is 0. The zero-order chi connectivity index (χ0) is 23.8. The third-order valence-corrected chi connectivity index (χ3v) is 6.99. The van der Waals surface area contributed by atoms with Gasteiger partial charge in [0, 0.05) is 24.3 Å². The van der Waals surface area contributed by atoms with Gasteiger partial charge in [-0.05, 0) is 65.9 Å². The Labute approximate surface area is 203 Å². The van der Waals surface area contributed by atoms with E-state index in [1.165, 1.54) is 0 Å². The van der Waals surface area contributed by atoms with Gasteiger partial charge in [-0.15, -0.1) is 0 Å². The van der Waals surface area contributed by atoms with Crippen molar-refractivity contribution in [3.63, 3.8) is 0 Å². The molecule has 0 aromatic heterocycles. The van der Waals surface area contributed by atoms with Crippen molar-refractivity contribution in [2.45, 2.75) is 18.3 Å². The fourth-order valence-corrected chi connectivity index (χ4v) is 4.75. The molecule has 0 bridgehead atoms. The molecule has 2 heterocycles. The first-order valence-corrected chi connectivity index (χ1v) is 11.9. The zero-order valence-electron chi connectivity index (χ0n) is 19.3. The number of hydrogen-bond donors (Lipinski definition) is 1. The van der Waals surface area contributed by atoms with Gasteiger partial charge in [0.05, 0.1) is 18.6 Å². The Hall–Kier alpha value is -3.84. The van der Waals surface area contributed by atoms with Crippen LogP contribution in [0.5, 0.6) is 11.5 Å². The number of ether oxygens (including phenoxy) is 3. The molecule has 1 N–H and O–H groups in total. The first-order valence-electron chi connectivity index (χ1n) is 11.9.